The zero-order chi connectivity index (χ0) is 45.9. The zero-order valence-electron chi connectivity index (χ0n) is 38.4. The molecule has 0 atom stereocenters. The van der Waals surface area contributed by atoms with Gasteiger partial charge in [0.05, 0.1) is 11.4 Å². The lowest BCUT2D eigenvalue weighted by atomic mass is 9.33. The standard InChI is InChI=1S/C64H48BBrN2/c1-64(2,3)49-40-59-61-60(41-49)68(63-53(46-27-15-7-16-28-46)33-20-34-54(63)47-29-17-8-18-30-47)58-42-50(66)36-37-55(58)65(61)56-39-48(43-21-9-4-10-22-43)35-38-57(56)67(59)62-51(44-23-11-5-12-24-44)31-19-32-52(62)45-25-13-6-14-26-45/h4-42H,1-3H3. The molecule has 68 heavy (non-hydrogen) atoms. The Labute approximate surface area is 409 Å². The highest BCUT2D eigenvalue weighted by molar-refractivity contribution is 9.10. The molecule has 2 heterocycles. The average molecular weight is 936 g/mol. The van der Waals surface area contributed by atoms with Crippen molar-refractivity contribution < 1.29 is 0 Å². The van der Waals surface area contributed by atoms with E-state index in [1.807, 2.05) is 0 Å². The third kappa shape index (κ3) is 7.10. The summed E-state index contributed by atoms with van der Waals surface area (Å²) >= 11 is 4.01. The molecule has 0 N–H and O–H groups in total. The van der Waals surface area contributed by atoms with Gasteiger partial charge in [0, 0.05) is 49.5 Å². The highest BCUT2D eigenvalue weighted by Gasteiger charge is 2.45. The molecule has 2 aliphatic heterocycles. The van der Waals surface area contributed by atoms with E-state index >= 15 is 0 Å². The molecule has 0 radical (unpaired) electrons. The maximum absolute atomic E-state index is 4.01. The van der Waals surface area contributed by atoms with Crippen LogP contribution in [0.5, 0.6) is 0 Å². The van der Waals surface area contributed by atoms with Crippen LogP contribution in [0.2, 0.25) is 0 Å². The molecular formula is C64H48BBrN2. The molecule has 12 rings (SSSR count). The van der Waals surface area contributed by atoms with Gasteiger partial charge in [0.15, 0.2) is 0 Å². The summed E-state index contributed by atoms with van der Waals surface area (Å²) in [6.07, 6.45) is 0. The van der Waals surface area contributed by atoms with Gasteiger partial charge in [0.25, 0.3) is 6.71 Å². The first-order valence-corrected chi connectivity index (χ1v) is 24.4. The Morgan fingerprint density at radius 2 is 0.750 bits per heavy atom. The molecule has 0 saturated carbocycles. The van der Waals surface area contributed by atoms with Crippen LogP contribution in [-0.2, 0) is 5.41 Å². The van der Waals surface area contributed by atoms with Gasteiger partial charge in [-0.2, -0.15) is 0 Å². The van der Waals surface area contributed by atoms with Crippen molar-refractivity contribution in [2.75, 3.05) is 9.80 Å². The molecule has 10 aromatic carbocycles. The monoisotopic (exact) mass is 934 g/mol. The van der Waals surface area contributed by atoms with Gasteiger partial charge >= 0.3 is 0 Å². The molecule has 0 unspecified atom stereocenters. The van der Waals surface area contributed by atoms with Crippen LogP contribution in [0.15, 0.2) is 241 Å². The summed E-state index contributed by atoms with van der Waals surface area (Å²) in [5, 5.41) is 0. The summed E-state index contributed by atoms with van der Waals surface area (Å²) in [5.41, 5.74) is 23.7. The second-order valence-electron chi connectivity index (χ2n) is 19.0. The summed E-state index contributed by atoms with van der Waals surface area (Å²) in [5.74, 6) is 0. The van der Waals surface area contributed by atoms with Gasteiger partial charge < -0.3 is 9.80 Å². The summed E-state index contributed by atoms with van der Waals surface area (Å²) < 4.78 is 1.04. The molecule has 0 aromatic heterocycles. The van der Waals surface area contributed by atoms with Crippen LogP contribution in [0.1, 0.15) is 26.3 Å². The summed E-state index contributed by atoms with van der Waals surface area (Å²) in [4.78, 5) is 5.24. The number of nitrogens with zero attached hydrogens (tertiary/aromatic N) is 2. The van der Waals surface area contributed by atoms with E-state index in [0.717, 1.165) is 21.5 Å². The quantitative estimate of drug-likeness (QED) is 0.147. The molecule has 0 fully saturated rings. The fraction of sp³-hybridized carbons (Fsp3) is 0.0625. The Morgan fingerprint density at radius 1 is 0.338 bits per heavy atom. The van der Waals surface area contributed by atoms with Crippen molar-refractivity contribution in [2.45, 2.75) is 26.2 Å². The number of hydrogen-bond donors (Lipinski definition) is 0. The number of fused-ring (bicyclic) bond motifs is 4. The van der Waals surface area contributed by atoms with Gasteiger partial charge in [-0.3, -0.25) is 0 Å². The maximum atomic E-state index is 4.01. The topological polar surface area (TPSA) is 6.48 Å². The maximum Gasteiger partial charge on any atom is 0.252 e. The van der Waals surface area contributed by atoms with Crippen molar-refractivity contribution in [3.05, 3.63) is 247 Å². The average Bonchev–Trinajstić information content (AvgIpc) is 3.39. The number of halogens is 1. The number of benzene rings is 10. The van der Waals surface area contributed by atoms with Crippen LogP contribution in [0.4, 0.5) is 34.1 Å². The smallest absolute Gasteiger partial charge is 0.252 e. The molecule has 0 spiro atoms. The van der Waals surface area contributed by atoms with Gasteiger partial charge in [-0.1, -0.05) is 243 Å². The van der Waals surface area contributed by atoms with Crippen LogP contribution in [0.3, 0.4) is 0 Å². The van der Waals surface area contributed by atoms with E-state index in [9.17, 15) is 0 Å². The Kier molecular flexibility index (Phi) is 10.4. The molecular weight excluding hydrogens is 887 g/mol. The number of rotatable bonds is 7. The van der Waals surface area contributed by atoms with Gasteiger partial charge in [-0.05, 0) is 91.1 Å². The first-order chi connectivity index (χ1) is 33.3. The largest absolute Gasteiger partial charge is 0.310 e. The van der Waals surface area contributed by atoms with E-state index in [1.165, 1.54) is 94.6 Å². The van der Waals surface area contributed by atoms with E-state index in [2.05, 4.69) is 283 Å². The molecule has 0 aliphatic carbocycles. The van der Waals surface area contributed by atoms with E-state index in [1.54, 1.807) is 0 Å². The van der Waals surface area contributed by atoms with Crippen LogP contribution in [-0.4, -0.2) is 6.71 Å². The summed E-state index contributed by atoms with van der Waals surface area (Å²) in [6, 6.07) is 87.4. The van der Waals surface area contributed by atoms with Gasteiger partial charge in [0.2, 0.25) is 0 Å². The van der Waals surface area contributed by atoms with E-state index in [0.29, 0.717) is 0 Å². The second-order valence-corrected chi connectivity index (χ2v) is 19.9. The minimum absolute atomic E-state index is 0.0867. The van der Waals surface area contributed by atoms with Gasteiger partial charge in [-0.25, -0.2) is 0 Å². The third-order valence-corrected chi connectivity index (χ3v) is 14.4. The van der Waals surface area contributed by atoms with Gasteiger partial charge in [-0.15, -0.1) is 0 Å². The Hall–Kier alpha value is -7.66. The molecule has 10 aromatic rings. The first kappa shape index (κ1) is 41.8. The predicted molar refractivity (Wildman–Crippen MR) is 294 cm³/mol. The van der Waals surface area contributed by atoms with Crippen molar-refractivity contribution in [3.8, 4) is 55.6 Å². The lowest BCUT2D eigenvalue weighted by molar-refractivity contribution is 0.590. The van der Waals surface area contributed by atoms with Crippen LogP contribution < -0.4 is 26.2 Å². The summed E-state index contributed by atoms with van der Waals surface area (Å²) in [6.45, 7) is 6.97. The van der Waals surface area contributed by atoms with Crippen LogP contribution >= 0.6 is 15.9 Å². The normalized spacial score (nSPS) is 12.6. The first-order valence-electron chi connectivity index (χ1n) is 23.6. The Morgan fingerprint density at radius 3 is 1.18 bits per heavy atom. The van der Waals surface area contributed by atoms with Crippen molar-refractivity contribution in [1.29, 1.82) is 0 Å². The predicted octanol–water partition coefficient (Wildman–Crippen LogP) is 16.2. The Balaban J connectivity index is 1.26. The SMILES string of the molecule is CC(C)(C)c1cc2c3c(c1)N(c1c(-c4ccccc4)cccc1-c1ccccc1)c1cc(Br)ccc1B3c1cc(-c3ccccc3)ccc1N2c1c(-c2ccccc2)cccc1-c1ccccc1. The van der Waals surface area contributed by atoms with Crippen molar-refractivity contribution in [1.82, 2.24) is 0 Å². The number of anilines is 6. The fourth-order valence-electron chi connectivity index (χ4n) is 10.7. The lowest BCUT2D eigenvalue weighted by Crippen LogP contribution is -2.61. The molecule has 324 valence electrons. The molecule has 2 nitrogen and oxygen atoms in total. The van der Waals surface area contributed by atoms with Crippen LogP contribution in [0.25, 0.3) is 55.6 Å². The molecule has 4 heteroatoms. The summed E-state index contributed by atoms with van der Waals surface area (Å²) in [7, 11) is 0. The number of para-hydroxylation sites is 2. The lowest BCUT2D eigenvalue weighted by Gasteiger charge is -2.46. The highest BCUT2D eigenvalue weighted by atomic mass is 79.9. The van der Waals surface area contributed by atoms with Gasteiger partial charge in [0.1, 0.15) is 0 Å². The molecule has 0 saturated heterocycles. The van der Waals surface area contributed by atoms with Crippen molar-refractivity contribution in [3.63, 3.8) is 0 Å². The minimum atomic E-state index is -0.199. The van der Waals surface area contributed by atoms with Crippen LogP contribution in [0, 0.1) is 0 Å². The van der Waals surface area contributed by atoms with E-state index in [4.69, 9.17) is 0 Å². The van der Waals surface area contributed by atoms with Crippen molar-refractivity contribution >= 4 is 73.2 Å². The number of hydrogen-bond acceptors (Lipinski definition) is 2. The highest BCUT2D eigenvalue weighted by Crippen LogP contribution is 2.53. The van der Waals surface area contributed by atoms with E-state index in [-0.39, 0.29) is 12.1 Å². The Bertz CT molecular complexity index is 3380. The molecule has 0 bridgehead atoms. The fourth-order valence-corrected chi connectivity index (χ4v) is 11.0. The van der Waals surface area contributed by atoms with Crippen molar-refractivity contribution in [2.24, 2.45) is 0 Å². The second kappa shape index (κ2) is 16.9. The molecule has 0 amide bonds. The molecule has 2 aliphatic rings. The van der Waals surface area contributed by atoms with E-state index < -0.39 is 0 Å². The third-order valence-electron chi connectivity index (χ3n) is 13.9. The minimum Gasteiger partial charge on any atom is -0.310 e. The zero-order valence-corrected chi connectivity index (χ0v) is 40.0.